The highest BCUT2D eigenvalue weighted by molar-refractivity contribution is 6.67. The molecule has 0 aromatic carbocycles. The van der Waals surface area contributed by atoms with E-state index in [1.165, 1.54) is 0 Å². The maximum Gasteiger partial charge on any atom is 0.208 e. The van der Waals surface area contributed by atoms with Gasteiger partial charge >= 0.3 is 0 Å². The number of halogens is 3. The fourth-order valence-electron chi connectivity index (χ4n) is 1.14. The van der Waals surface area contributed by atoms with E-state index in [9.17, 15) is 0 Å². The summed E-state index contributed by atoms with van der Waals surface area (Å²) in [6.07, 6.45) is 0.104. The van der Waals surface area contributed by atoms with Gasteiger partial charge in [0.05, 0.1) is 0 Å². The quantitative estimate of drug-likeness (QED) is 0.783. The van der Waals surface area contributed by atoms with Crippen molar-refractivity contribution in [3.63, 3.8) is 0 Å². The van der Waals surface area contributed by atoms with E-state index in [1.54, 1.807) is 6.92 Å². The molecule has 14 heavy (non-hydrogen) atoms. The van der Waals surface area contributed by atoms with Crippen LogP contribution in [0.1, 0.15) is 16.9 Å². The molecule has 0 unspecified atom stereocenters. The van der Waals surface area contributed by atoms with Gasteiger partial charge in [-0.2, -0.15) is 5.26 Å². The Balaban J connectivity index is 3.15. The first-order valence-electron chi connectivity index (χ1n) is 3.69. The van der Waals surface area contributed by atoms with E-state index in [0.717, 1.165) is 0 Å². The normalized spacial score (nSPS) is 11.4. The molecule has 0 aliphatic carbocycles. The number of nitriles is 1. The fraction of sp³-hybridized carbons (Fsp3) is 0.375. The van der Waals surface area contributed by atoms with Gasteiger partial charge < -0.3 is 10.2 Å². The van der Waals surface area contributed by atoms with Gasteiger partial charge in [-0.05, 0) is 6.92 Å². The third kappa shape index (κ3) is 2.48. The van der Waals surface area contributed by atoms with Crippen molar-refractivity contribution in [2.45, 2.75) is 17.1 Å². The molecule has 0 aliphatic rings. The first-order valence-corrected chi connectivity index (χ1v) is 4.83. The Kier molecular flexibility index (Phi) is 3.20. The highest BCUT2D eigenvalue weighted by atomic mass is 35.6. The number of rotatable bonds is 1. The number of hydrogen-bond donors (Lipinski definition) is 1. The summed E-state index contributed by atoms with van der Waals surface area (Å²) in [6.45, 7) is 1.67. The van der Waals surface area contributed by atoms with E-state index in [2.05, 4.69) is 0 Å². The molecule has 1 aromatic heterocycles. The van der Waals surface area contributed by atoms with E-state index in [0.29, 0.717) is 11.3 Å². The lowest BCUT2D eigenvalue weighted by molar-refractivity contribution is 0.548. The van der Waals surface area contributed by atoms with E-state index in [1.807, 2.05) is 6.07 Å². The minimum atomic E-state index is -1.45. The summed E-state index contributed by atoms with van der Waals surface area (Å²) in [5.41, 5.74) is 6.24. The van der Waals surface area contributed by atoms with Gasteiger partial charge in [0.2, 0.25) is 5.88 Å². The van der Waals surface area contributed by atoms with Gasteiger partial charge in [-0.25, -0.2) is 0 Å². The molecule has 6 heteroatoms. The number of furan rings is 1. The summed E-state index contributed by atoms with van der Waals surface area (Å²) in [6, 6.07) is 1.91. The maximum atomic E-state index is 8.79. The predicted octanol–water partition coefficient (Wildman–Crippen LogP) is 2.95. The summed E-state index contributed by atoms with van der Waals surface area (Å²) < 4.78 is 3.61. The van der Waals surface area contributed by atoms with Gasteiger partial charge in [0.15, 0.2) is 3.79 Å². The first-order chi connectivity index (χ1) is 6.35. The number of nitrogens with two attached hydrogens (primary N) is 1. The number of aryl methyl sites for hydroxylation is 1. The van der Waals surface area contributed by atoms with Crippen molar-refractivity contribution in [2.24, 2.45) is 0 Å². The van der Waals surface area contributed by atoms with Crippen LogP contribution in [0.3, 0.4) is 0 Å². The third-order valence-electron chi connectivity index (χ3n) is 1.73. The minimum absolute atomic E-state index is 0.0641. The van der Waals surface area contributed by atoms with Crippen LogP contribution >= 0.6 is 34.8 Å². The van der Waals surface area contributed by atoms with E-state index in [-0.39, 0.29) is 17.9 Å². The standard InChI is InChI=1S/C8H7Cl3N2O/c1-4-5(2-8(9,10)11)6(3-12)7(13)14-4/h2,13H2,1H3. The summed E-state index contributed by atoms with van der Waals surface area (Å²) in [5, 5.41) is 8.79. The summed E-state index contributed by atoms with van der Waals surface area (Å²) >= 11 is 16.9. The molecule has 1 aromatic rings. The molecule has 1 rings (SSSR count). The zero-order valence-electron chi connectivity index (χ0n) is 7.27. The molecule has 3 nitrogen and oxygen atoms in total. The maximum absolute atomic E-state index is 8.79. The van der Waals surface area contributed by atoms with Gasteiger partial charge in [0.25, 0.3) is 0 Å². The lowest BCUT2D eigenvalue weighted by Gasteiger charge is -2.09. The van der Waals surface area contributed by atoms with Crippen LogP contribution in [0.5, 0.6) is 0 Å². The largest absolute Gasteiger partial charge is 0.445 e. The SMILES string of the molecule is Cc1oc(N)c(C#N)c1CC(Cl)(Cl)Cl. The molecule has 0 bridgehead atoms. The smallest absolute Gasteiger partial charge is 0.208 e. The van der Waals surface area contributed by atoms with Crippen LogP contribution in [0.4, 0.5) is 5.88 Å². The van der Waals surface area contributed by atoms with Crippen molar-refractivity contribution in [3.8, 4) is 6.07 Å². The second-order valence-electron chi connectivity index (χ2n) is 2.78. The molecule has 2 N–H and O–H groups in total. The number of nitrogens with zero attached hydrogens (tertiary/aromatic N) is 1. The van der Waals surface area contributed by atoms with Gasteiger partial charge in [-0.1, -0.05) is 34.8 Å². The first kappa shape index (κ1) is 11.5. The van der Waals surface area contributed by atoms with E-state index in [4.69, 9.17) is 50.2 Å². The molecule has 0 saturated carbocycles. The number of anilines is 1. The molecule has 0 saturated heterocycles. The van der Waals surface area contributed by atoms with Crippen molar-refractivity contribution in [2.75, 3.05) is 5.73 Å². The van der Waals surface area contributed by atoms with Gasteiger partial charge in [-0.3, -0.25) is 0 Å². The zero-order chi connectivity index (χ0) is 10.9. The van der Waals surface area contributed by atoms with Crippen LogP contribution < -0.4 is 5.73 Å². The number of nitrogen functional groups attached to an aromatic ring is 1. The van der Waals surface area contributed by atoms with Crippen LogP contribution in [0.15, 0.2) is 4.42 Å². The lowest BCUT2D eigenvalue weighted by atomic mass is 10.1. The monoisotopic (exact) mass is 252 g/mol. The van der Waals surface area contributed by atoms with Gasteiger partial charge in [0, 0.05) is 12.0 Å². The molecule has 0 radical (unpaired) electrons. The van der Waals surface area contributed by atoms with Crippen LogP contribution in [-0.2, 0) is 6.42 Å². The summed E-state index contributed by atoms with van der Waals surface area (Å²) in [5.74, 6) is 0.569. The van der Waals surface area contributed by atoms with Crippen molar-refractivity contribution in [1.82, 2.24) is 0 Å². The molecular weight excluding hydrogens is 246 g/mol. The fourth-order valence-corrected chi connectivity index (χ4v) is 1.54. The average Bonchev–Trinajstić information content (AvgIpc) is 2.24. The predicted molar refractivity (Wildman–Crippen MR) is 56.6 cm³/mol. The Morgan fingerprint density at radius 3 is 2.50 bits per heavy atom. The highest BCUT2D eigenvalue weighted by Gasteiger charge is 2.26. The Bertz CT molecular complexity index is 387. The second-order valence-corrected chi connectivity index (χ2v) is 5.30. The molecular formula is C8H7Cl3N2O. The molecule has 0 spiro atoms. The molecule has 1 heterocycles. The van der Waals surface area contributed by atoms with Crippen molar-refractivity contribution in [3.05, 3.63) is 16.9 Å². The van der Waals surface area contributed by atoms with Crippen LogP contribution in [-0.4, -0.2) is 3.79 Å². The van der Waals surface area contributed by atoms with Crippen molar-refractivity contribution < 1.29 is 4.42 Å². The Labute approximate surface area is 96.3 Å². The van der Waals surface area contributed by atoms with Crippen LogP contribution in [0.25, 0.3) is 0 Å². The summed E-state index contributed by atoms with van der Waals surface area (Å²) in [4.78, 5) is 0. The van der Waals surface area contributed by atoms with Crippen LogP contribution in [0.2, 0.25) is 0 Å². The second kappa shape index (κ2) is 3.90. The average molecular weight is 254 g/mol. The molecule has 0 fully saturated rings. The molecule has 0 atom stereocenters. The number of hydrogen-bond acceptors (Lipinski definition) is 3. The molecule has 0 amide bonds. The Morgan fingerprint density at radius 1 is 1.50 bits per heavy atom. The van der Waals surface area contributed by atoms with Crippen LogP contribution in [0, 0.1) is 18.3 Å². The third-order valence-corrected chi connectivity index (χ3v) is 2.13. The summed E-state index contributed by atoms with van der Waals surface area (Å²) in [7, 11) is 0. The minimum Gasteiger partial charge on any atom is -0.445 e. The van der Waals surface area contributed by atoms with Crippen molar-refractivity contribution >= 4 is 40.7 Å². The lowest BCUT2D eigenvalue weighted by Crippen LogP contribution is -2.08. The van der Waals surface area contributed by atoms with Gasteiger partial charge in [-0.15, -0.1) is 0 Å². The highest BCUT2D eigenvalue weighted by Crippen LogP contribution is 2.35. The number of alkyl halides is 3. The molecule has 76 valence electrons. The van der Waals surface area contributed by atoms with Crippen molar-refractivity contribution in [1.29, 1.82) is 5.26 Å². The Morgan fingerprint density at radius 2 is 2.07 bits per heavy atom. The van der Waals surface area contributed by atoms with E-state index < -0.39 is 3.79 Å². The van der Waals surface area contributed by atoms with E-state index >= 15 is 0 Å². The topological polar surface area (TPSA) is 62.9 Å². The Hall–Kier alpha value is -0.560. The molecule has 0 aliphatic heterocycles. The zero-order valence-corrected chi connectivity index (χ0v) is 9.54. The van der Waals surface area contributed by atoms with Gasteiger partial charge in [0.1, 0.15) is 17.4 Å².